The van der Waals surface area contributed by atoms with E-state index in [2.05, 4.69) is 10.3 Å². The van der Waals surface area contributed by atoms with Crippen LogP contribution >= 0.6 is 0 Å². The first-order chi connectivity index (χ1) is 18.0. The average Bonchev–Trinajstić information content (AvgIpc) is 3.25. The summed E-state index contributed by atoms with van der Waals surface area (Å²) in [6, 6.07) is 10.4. The van der Waals surface area contributed by atoms with Crippen LogP contribution in [0.25, 0.3) is 11.0 Å². The predicted octanol–water partition coefficient (Wildman–Crippen LogP) is 3.12. The lowest BCUT2D eigenvalue weighted by Crippen LogP contribution is -2.41. The molecule has 1 aromatic heterocycles. The van der Waals surface area contributed by atoms with Crippen LogP contribution in [0.2, 0.25) is 0 Å². The third kappa shape index (κ3) is 7.46. The standard InChI is InChI=1S/C25H31N5O7S/c1-4-7-19-13-17-12-16(14-20(35-5-2)22(17)37-19)21(24(31)30-38(27,33)34)28-18-10-8-15(9-11-18)23(26)29-25(32)36-6-3/h8-14,21,28H,4-7H2,1-3H3,(H,30,31)(H2,26,29,32)(H2,27,33,34). The van der Waals surface area contributed by atoms with Gasteiger partial charge in [-0.25, -0.2) is 14.7 Å². The molecule has 0 aliphatic rings. The van der Waals surface area contributed by atoms with Gasteiger partial charge in [-0.15, -0.1) is 0 Å². The molecule has 0 spiro atoms. The van der Waals surface area contributed by atoms with E-state index in [0.29, 0.717) is 40.1 Å². The molecule has 1 unspecified atom stereocenters. The molecule has 0 saturated carbocycles. The maximum Gasteiger partial charge on any atom is 0.435 e. The zero-order valence-corrected chi connectivity index (χ0v) is 22.1. The minimum absolute atomic E-state index is 0.0480. The van der Waals surface area contributed by atoms with Crippen LogP contribution in [0, 0.1) is 0 Å². The summed E-state index contributed by atoms with van der Waals surface area (Å²) >= 11 is 0. The fraction of sp³-hybridized carbons (Fsp3) is 0.320. The number of carbonyl (C=O) groups is 2. The van der Waals surface area contributed by atoms with Crippen LogP contribution in [0.15, 0.2) is 51.9 Å². The van der Waals surface area contributed by atoms with Gasteiger partial charge in [0.25, 0.3) is 16.1 Å². The Kier molecular flexibility index (Phi) is 9.31. The molecule has 1 atom stereocenters. The van der Waals surface area contributed by atoms with E-state index in [1.165, 1.54) is 0 Å². The van der Waals surface area contributed by atoms with Crippen LogP contribution in [0.5, 0.6) is 5.75 Å². The number of furan rings is 1. The average molecular weight is 546 g/mol. The molecule has 0 radical (unpaired) electrons. The number of fused-ring (bicyclic) bond motifs is 1. The number of carbonyl (C=O) groups excluding carboxylic acids is 2. The lowest BCUT2D eigenvalue weighted by atomic mass is 10.0. The Morgan fingerprint density at radius 1 is 1.08 bits per heavy atom. The highest BCUT2D eigenvalue weighted by Gasteiger charge is 2.26. The molecule has 0 fully saturated rings. The number of hydrogen-bond donors (Lipinski definition) is 4. The van der Waals surface area contributed by atoms with Gasteiger partial charge in [0, 0.05) is 23.1 Å². The van der Waals surface area contributed by atoms with E-state index in [1.807, 2.05) is 24.6 Å². The second-order valence-electron chi connectivity index (χ2n) is 8.20. The van der Waals surface area contributed by atoms with Crippen molar-refractivity contribution in [3.63, 3.8) is 0 Å². The Labute approximate surface area is 220 Å². The second kappa shape index (κ2) is 12.4. The molecule has 0 saturated heterocycles. The Hall–Kier alpha value is -4.10. The zero-order valence-electron chi connectivity index (χ0n) is 21.3. The molecule has 2 amide bonds. The van der Waals surface area contributed by atoms with Gasteiger partial charge in [-0.05, 0) is 68.3 Å². The fourth-order valence-corrected chi connectivity index (χ4v) is 4.12. The van der Waals surface area contributed by atoms with Crippen molar-refractivity contribution in [3.05, 3.63) is 59.4 Å². The van der Waals surface area contributed by atoms with Crippen molar-refractivity contribution < 1.29 is 31.9 Å². The topological polar surface area (TPSA) is 188 Å². The van der Waals surface area contributed by atoms with E-state index in [4.69, 9.17) is 24.8 Å². The molecular formula is C25H31N5O7S. The van der Waals surface area contributed by atoms with Crippen LogP contribution in [0.1, 0.15) is 50.1 Å². The number of amides is 2. The summed E-state index contributed by atoms with van der Waals surface area (Å²) in [5.74, 6) is 0.222. The number of nitrogens with one attached hydrogen (secondary N) is 2. The number of aliphatic imine (C=N–C) groups is 1. The maximum absolute atomic E-state index is 13.0. The molecule has 0 bridgehead atoms. The normalized spacial score (nSPS) is 12.7. The molecule has 12 nitrogen and oxygen atoms in total. The number of hydrogen-bond acceptors (Lipinski definition) is 8. The molecule has 3 aromatic rings. The number of benzene rings is 2. The van der Waals surface area contributed by atoms with Gasteiger partial charge >= 0.3 is 6.09 Å². The molecule has 6 N–H and O–H groups in total. The van der Waals surface area contributed by atoms with Crippen molar-refractivity contribution in [3.8, 4) is 5.75 Å². The van der Waals surface area contributed by atoms with Gasteiger partial charge in [-0.2, -0.15) is 13.4 Å². The van der Waals surface area contributed by atoms with E-state index < -0.39 is 28.3 Å². The predicted molar refractivity (Wildman–Crippen MR) is 143 cm³/mol. The SMILES string of the molecule is CCCc1cc2cc(C(Nc3ccc(C(N)=NC(=O)OCC)cc3)C(=O)NS(N)(=O)=O)cc(OCC)c2o1. The monoisotopic (exact) mass is 545 g/mol. The van der Waals surface area contributed by atoms with Gasteiger partial charge in [0.2, 0.25) is 0 Å². The highest BCUT2D eigenvalue weighted by molar-refractivity contribution is 7.87. The van der Waals surface area contributed by atoms with E-state index in [0.717, 1.165) is 18.6 Å². The Morgan fingerprint density at radius 3 is 2.39 bits per heavy atom. The first-order valence-corrected chi connectivity index (χ1v) is 13.5. The maximum atomic E-state index is 13.0. The van der Waals surface area contributed by atoms with E-state index in [-0.39, 0.29) is 12.4 Å². The summed E-state index contributed by atoms with van der Waals surface area (Å²) in [5.41, 5.74) is 7.71. The van der Waals surface area contributed by atoms with E-state index in [1.54, 1.807) is 43.3 Å². The minimum atomic E-state index is -4.33. The van der Waals surface area contributed by atoms with Crippen molar-refractivity contribution in [2.45, 2.75) is 39.7 Å². The van der Waals surface area contributed by atoms with Gasteiger partial charge < -0.3 is 24.9 Å². The molecular weight excluding hydrogens is 514 g/mol. The first-order valence-electron chi connectivity index (χ1n) is 12.0. The first kappa shape index (κ1) is 28.5. The number of anilines is 1. The van der Waals surface area contributed by atoms with Crippen molar-refractivity contribution in [1.29, 1.82) is 0 Å². The quantitative estimate of drug-likeness (QED) is 0.207. The van der Waals surface area contributed by atoms with Crippen molar-refractivity contribution >= 4 is 44.7 Å². The van der Waals surface area contributed by atoms with Gasteiger partial charge in [-0.3, -0.25) is 4.79 Å². The number of rotatable bonds is 11. The summed E-state index contributed by atoms with van der Waals surface area (Å²) in [4.78, 5) is 28.3. The molecule has 13 heteroatoms. The van der Waals surface area contributed by atoms with Crippen LogP contribution in [-0.4, -0.2) is 39.5 Å². The van der Waals surface area contributed by atoms with Crippen LogP contribution in [0.3, 0.4) is 0 Å². The Balaban J connectivity index is 2.00. The van der Waals surface area contributed by atoms with Gasteiger partial charge in [0.05, 0.1) is 13.2 Å². The highest BCUT2D eigenvalue weighted by Crippen LogP contribution is 2.34. The fourth-order valence-electron chi connectivity index (χ4n) is 3.72. The van der Waals surface area contributed by atoms with Crippen molar-refractivity contribution in [2.24, 2.45) is 15.9 Å². The van der Waals surface area contributed by atoms with Gasteiger partial charge in [-0.1, -0.05) is 6.92 Å². The van der Waals surface area contributed by atoms with Gasteiger partial charge in [0.15, 0.2) is 11.3 Å². The van der Waals surface area contributed by atoms with Gasteiger partial charge in [0.1, 0.15) is 17.6 Å². The van der Waals surface area contributed by atoms with Crippen LogP contribution in [-0.2, 0) is 26.2 Å². The van der Waals surface area contributed by atoms with E-state index in [9.17, 15) is 18.0 Å². The lowest BCUT2D eigenvalue weighted by molar-refractivity contribution is -0.120. The van der Waals surface area contributed by atoms with Crippen molar-refractivity contribution in [2.75, 3.05) is 18.5 Å². The number of nitrogens with zero attached hydrogens (tertiary/aromatic N) is 1. The highest BCUT2D eigenvalue weighted by atomic mass is 32.2. The molecule has 204 valence electrons. The summed E-state index contributed by atoms with van der Waals surface area (Å²) < 4.78 is 41.6. The molecule has 38 heavy (non-hydrogen) atoms. The molecule has 0 aliphatic carbocycles. The summed E-state index contributed by atoms with van der Waals surface area (Å²) in [7, 11) is -4.33. The van der Waals surface area contributed by atoms with Crippen LogP contribution < -0.4 is 25.6 Å². The van der Waals surface area contributed by atoms with Crippen LogP contribution in [0.4, 0.5) is 10.5 Å². The lowest BCUT2D eigenvalue weighted by Gasteiger charge is -2.20. The van der Waals surface area contributed by atoms with Crippen molar-refractivity contribution in [1.82, 2.24) is 4.72 Å². The molecule has 1 heterocycles. The molecule has 3 rings (SSSR count). The largest absolute Gasteiger partial charge is 0.490 e. The third-order valence-electron chi connectivity index (χ3n) is 5.26. The summed E-state index contributed by atoms with van der Waals surface area (Å²) in [6.45, 7) is 6.01. The summed E-state index contributed by atoms with van der Waals surface area (Å²) in [5, 5.41) is 8.79. The Bertz CT molecular complexity index is 1430. The molecule has 2 aromatic carbocycles. The summed E-state index contributed by atoms with van der Waals surface area (Å²) in [6.07, 6.45) is 0.787. The zero-order chi connectivity index (χ0) is 27.9. The number of amidine groups is 1. The number of nitrogens with two attached hydrogens (primary N) is 2. The molecule has 0 aliphatic heterocycles. The second-order valence-corrected chi connectivity index (χ2v) is 9.49. The number of ether oxygens (including phenoxy) is 2. The number of aryl methyl sites for hydroxylation is 1. The van der Waals surface area contributed by atoms with E-state index >= 15 is 0 Å². The Morgan fingerprint density at radius 2 is 1.79 bits per heavy atom. The smallest absolute Gasteiger partial charge is 0.435 e. The third-order valence-corrected chi connectivity index (χ3v) is 5.75. The minimum Gasteiger partial charge on any atom is -0.490 e.